The number of amides is 1. The highest BCUT2D eigenvalue weighted by atomic mass is 19.1. The molecule has 7 heteroatoms. The predicted molar refractivity (Wildman–Crippen MR) is 72.1 cm³/mol. The molecule has 0 atom stereocenters. The van der Waals surface area contributed by atoms with Gasteiger partial charge in [0.1, 0.15) is 5.82 Å². The number of nitrogens with zero attached hydrogens (tertiary/aromatic N) is 2. The lowest BCUT2D eigenvalue weighted by Crippen LogP contribution is -2.15. The summed E-state index contributed by atoms with van der Waals surface area (Å²) in [5, 5.41) is 2.46. The van der Waals surface area contributed by atoms with Crippen molar-refractivity contribution in [1.29, 1.82) is 0 Å². The molecule has 3 N–H and O–H groups in total. The fourth-order valence-electron chi connectivity index (χ4n) is 1.62. The van der Waals surface area contributed by atoms with Crippen LogP contribution >= 0.6 is 0 Å². The van der Waals surface area contributed by atoms with E-state index in [0.717, 1.165) is 12.1 Å². The van der Waals surface area contributed by atoms with Crippen LogP contribution in [-0.4, -0.2) is 23.0 Å². The van der Waals surface area contributed by atoms with Gasteiger partial charge in [-0.2, -0.15) is 4.98 Å². The fourth-order valence-corrected chi connectivity index (χ4v) is 1.62. The Labute approximate surface area is 114 Å². The molecule has 0 spiro atoms. The van der Waals surface area contributed by atoms with Gasteiger partial charge in [-0.25, -0.2) is 9.37 Å². The largest absolute Gasteiger partial charge is 0.481 e. The van der Waals surface area contributed by atoms with Crippen LogP contribution < -0.4 is 15.8 Å². The van der Waals surface area contributed by atoms with Crippen molar-refractivity contribution in [3.63, 3.8) is 0 Å². The Morgan fingerprint density at radius 3 is 2.70 bits per heavy atom. The summed E-state index contributed by atoms with van der Waals surface area (Å²) in [7, 11) is 1.46. The lowest BCUT2D eigenvalue weighted by atomic mass is 10.2. The summed E-state index contributed by atoms with van der Waals surface area (Å²) in [4.78, 5) is 20.0. The van der Waals surface area contributed by atoms with E-state index in [2.05, 4.69) is 15.3 Å². The van der Waals surface area contributed by atoms with Gasteiger partial charge < -0.3 is 10.5 Å². The SMILES string of the molecule is COc1cc(C)nc(NC(=O)c2cc(N)cc(F)c2)n1. The summed E-state index contributed by atoms with van der Waals surface area (Å²) >= 11 is 0. The van der Waals surface area contributed by atoms with Crippen LogP contribution in [-0.2, 0) is 0 Å². The number of nitrogens with one attached hydrogen (secondary N) is 1. The van der Waals surface area contributed by atoms with Gasteiger partial charge in [0.25, 0.3) is 5.91 Å². The zero-order valence-corrected chi connectivity index (χ0v) is 11.0. The first-order valence-corrected chi connectivity index (χ1v) is 5.75. The average molecular weight is 276 g/mol. The van der Waals surface area contributed by atoms with Gasteiger partial charge in [0.05, 0.1) is 7.11 Å². The highest BCUT2D eigenvalue weighted by Crippen LogP contribution is 2.14. The van der Waals surface area contributed by atoms with Gasteiger partial charge in [0, 0.05) is 23.0 Å². The maximum Gasteiger partial charge on any atom is 0.258 e. The molecule has 0 saturated heterocycles. The molecule has 1 heterocycles. The van der Waals surface area contributed by atoms with Gasteiger partial charge in [-0.1, -0.05) is 0 Å². The molecule has 0 saturated carbocycles. The Kier molecular flexibility index (Phi) is 3.79. The quantitative estimate of drug-likeness (QED) is 0.834. The van der Waals surface area contributed by atoms with Crippen molar-refractivity contribution in [2.24, 2.45) is 0 Å². The van der Waals surface area contributed by atoms with Crippen LogP contribution in [0.3, 0.4) is 0 Å². The molecule has 0 radical (unpaired) electrons. The molecule has 104 valence electrons. The van der Waals surface area contributed by atoms with Gasteiger partial charge in [0.15, 0.2) is 0 Å². The minimum atomic E-state index is -0.585. The number of nitrogen functional groups attached to an aromatic ring is 1. The van der Waals surface area contributed by atoms with Crippen molar-refractivity contribution in [2.45, 2.75) is 6.92 Å². The molecular formula is C13H13FN4O2. The lowest BCUT2D eigenvalue weighted by molar-refractivity contribution is 0.102. The van der Waals surface area contributed by atoms with Crippen molar-refractivity contribution < 1.29 is 13.9 Å². The van der Waals surface area contributed by atoms with E-state index in [1.165, 1.54) is 13.2 Å². The van der Waals surface area contributed by atoms with E-state index in [0.29, 0.717) is 11.6 Å². The Bertz CT molecular complexity index is 641. The molecule has 20 heavy (non-hydrogen) atoms. The lowest BCUT2D eigenvalue weighted by Gasteiger charge is -2.07. The monoisotopic (exact) mass is 276 g/mol. The fraction of sp³-hybridized carbons (Fsp3) is 0.154. The molecule has 6 nitrogen and oxygen atoms in total. The highest BCUT2D eigenvalue weighted by molar-refractivity contribution is 6.03. The predicted octanol–water partition coefficient (Wildman–Crippen LogP) is 1.77. The highest BCUT2D eigenvalue weighted by Gasteiger charge is 2.11. The van der Waals surface area contributed by atoms with Crippen LogP contribution in [0.4, 0.5) is 16.0 Å². The number of aryl methyl sites for hydroxylation is 1. The maximum absolute atomic E-state index is 13.2. The van der Waals surface area contributed by atoms with Crippen molar-refractivity contribution >= 4 is 17.5 Å². The number of hydrogen-bond donors (Lipinski definition) is 2. The van der Waals surface area contributed by atoms with Gasteiger partial charge >= 0.3 is 0 Å². The van der Waals surface area contributed by atoms with Crippen LogP contribution in [0.15, 0.2) is 24.3 Å². The van der Waals surface area contributed by atoms with E-state index in [9.17, 15) is 9.18 Å². The van der Waals surface area contributed by atoms with Crippen molar-refractivity contribution in [2.75, 3.05) is 18.2 Å². The number of methoxy groups -OCH3 is 1. The van der Waals surface area contributed by atoms with Gasteiger partial charge in [0.2, 0.25) is 11.8 Å². The number of carbonyl (C=O) groups is 1. The Morgan fingerprint density at radius 1 is 1.30 bits per heavy atom. The molecule has 0 bridgehead atoms. The first-order chi connectivity index (χ1) is 9.47. The number of halogens is 1. The molecule has 1 amide bonds. The van der Waals surface area contributed by atoms with E-state index in [-0.39, 0.29) is 17.2 Å². The van der Waals surface area contributed by atoms with Crippen LogP contribution in [0.2, 0.25) is 0 Å². The molecule has 1 aromatic heterocycles. The van der Waals surface area contributed by atoms with Crippen molar-refractivity contribution in [1.82, 2.24) is 9.97 Å². The van der Waals surface area contributed by atoms with Crippen LogP contribution in [0, 0.1) is 12.7 Å². The van der Waals surface area contributed by atoms with Gasteiger partial charge in [-0.3, -0.25) is 10.1 Å². The minimum Gasteiger partial charge on any atom is -0.481 e. The summed E-state index contributed by atoms with van der Waals surface area (Å²) < 4.78 is 18.2. The third-order valence-electron chi connectivity index (χ3n) is 2.45. The third-order valence-corrected chi connectivity index (χ3v) is 2.45. The first kappa shape index (κ1) is 13.7. The smallest absolute Gasteiger partial charge is 0.258 e. The second-order valence-corrected chi connectivity index (χ2v) is 4.10. The van der Waals surface area contributed by atoms with E-state index < -0.39 is 11.7 Å². The molecule has 2 rings (SSSR count). The molecule has 1 aromatic carbocycles. The van der Waals surface area contributed by atoms with Crippen LogP contribution in [0.1, 0.15) is 16.1 Å². The van der Waals surface area contributed by atoms with Gasteiger partial charge in [-0.05, 0) is 25.1 Å². The standard InChI is InChI=1S/C13H13FN4O2/c1-7-3-11(20-2)17-13(16-7)18-12(19)8-4-9(14)6-10(15)5-8/h3-6H,15H2,1-2H3,(H,16,17,18,19). The number of ether oxygens (including phenoxy) is 1. The van der Waals surface area contributed by atoms with Crippen LogP contribution in [0.5, 0.6) is 5.88 Å². The molecule has 0 fully saturated rings. The summed E-state index contributed by atoms with van der Waals surface area (Å²) in [6.45, 7) is 1.74. The second-order valence-electron chi connectivity index (χ2n) is 4.10. The summed E-state index contributed by atoms with van der Waals surface area (Å²) in [6.07, 6.45) is 0. The number of hydrogen-bond acceptors (Lipinski definition) is 5. The molecule has 0 aliphatic heterocycles. The Balaban J connectivity index is 2.25. The number of benzene rings is 1. The number of aromatic nitrogens is 2. The molecular weight excluding hydrogens is 263 g/mol. The second kappa shape index (κ2) is 5.52. The van der Waals surface area contributed by atoms with E-state index in [1.807, 2.05) is 0 Å². The topological polar surface area (TPSA) is 90.1 Å². The Morgan fingerprint density at radius 2 is 2.05 bits per heavy atom. The number of nitrogens with two attached hydrogens (primary N) is 1. The number of carbonyl (C=O) groups excluding carboxylic acids is 1. The van der Waals surface area contributed by atoms with Crippen molar-refractivity contribution in [3.8, 4) is 5.88 Å². The van der Waals surface area contributed by atoms with Crippen LogP contribution in [0.25, 0.3) is 0 Å². The van der Waals surface area contributed by atoms with E-state index in [1.54, 1.807) is 13.0 Å². The number of anilines is 2. The first-order valence-electron chi connectivity index (χ1n) is 5.75. The zero-order chi connectivity index (χ0) is 14.7. The minimum absolute atomic E-state index is 0.0784. The third kappa shape index (κ3) is 3.19. The zero-order valence-electron chi connectivity index (χ0n) is 11.0. The Hall–Kier alpha value is -2.70. The normalized spacial score (nSPS) is 10.2. The van der Waals surface area contributed by atoms with E-state index in [4.69, 9.17) is 10.5 Å². The summed E-state index contributed by atoms with van der Waals surface area (Å²) in [5.74, 6) is -0.733. The van der Waals surface area contributed by atoms with E-state index >= 15 is 0 Å². The molecule has 0 unspecified atom stereocenters. The maximum atomic E-state index is 13.2. The molecule has 2 aromatic rings. The molecule has 0 aliphatic rings. The summed E-state index contributed by atoms with van der Waals surface area (Å²) in [5.41, 5.74) is 6.37. The average Bonchev–Trinajstić information content (AvgIpc) is 2.36. The molecule has 0 aliphatic carbocycles. The van der Waals surface area contributed by atoms with Gasteiger partial charge in [-0.15, -0.1) is 0 Å². The summed E-state index contributed by atoms with van der Waals surface area (Å²) in [6, 6.07) is 5.20. The number of rotatable bonds is 3. The van der Waals surface area contributed by atoms with Crippen molar-refractivity contribution in [3.05, 3.63) is 41.3 Å².